The van der Waals surface area contributed by atoms with Gasteiger partial charge in [-0.05, 0) is 37.3 Å². The Labute approximate surface area is 130 Å². The molecule has 1 heterocycles. The lowest BCUT2D eigenvalue weighted by Gasteiger charge is -2.18. The number of hydrogen-bond donors (Lipinski definition) is 2. The predicted octanol–water partition coefficient (Wildman–Crippen LogP) is 2.72. The second kappa shape index (κ2) is 7.59. The van der Waals surface area contributed by atoms with Gasteiger partial charge in [0.05, 0.1) is 6.04 Å². The summed E-state index contributed by atoms with van der Waals surface area (Å²) in [7, 11) is 0. The lowest BCUT2D eigenvalue weighted by Crippen LogP contribution is -2.30. The highest BCUT2D eigenvalue weighted by atomic mass is 32.2. The molecule has 0 saturated heterocycles. The first-order valence-corrected chi connectivity index (χ1v) is 8.21. The molecule has 2 aromatic rings. The zero-order chi connectivity index (χ0) is 15.2. The van der Waals surface area contributed by atoms with E-state index in [0.29, 0.717) is 6.04 Å². The van der Waals surface area contributed by atoms with Gasteiger partial charge >= 0.3 is 0 Å². The van der Waals surface area contributed by atoms with E-state index >= 15 is 0 Å². The van der Waals surface area contributed by atoms with Crippen LogP contribution in [0.1, 0.15) is 44.2 Å². The quantitative estimate of drug-likeness (QED) is 0.468. The zero-order valence-electron chi connectivity index (χ0n) is 12.8. The van der Waals surface area contributed by atoms with Gasteiger partial charge in [0.2, 0.25) is 0 Å². The Morgan fingerprint density at radius 1 is 1.29 bits per heavy atom. The van der Waals surface area contributed by atoms with Crippen molar-refractivity contribution in [1.29, 1.82) is 0 Å². The molecule has 0 bridgehead atoms. The fourth-order valence-corrected chi connectivity index (χ4v) is 2.93. The lowest BCUT2D eigenvalue weighted by molar-refractivity contribution is 0.468. The number of hydrogen-bond acceptors (Lipinski definition) is 5. The maximum atomic E-state index is 5.73. The Hall–Kier alpha value is -1.37. The number of aromatic nitrogens is 3. The summed E-state index contributed by atoms with van der Waals surface area (Å²) in [6, 6.07) is 8.86. The van der Waals surface area contributed by atoms with Gasteiger partial charge in [0.25, 0.3) is 0 Å². The number of hydrazine groups is 1. The summed E-state index contributed by atoms with van der Waals surface area (Å²) in [5.41, 5.74) is 4.05. The first kappa shape index (κ1) is 16.0. The molecule has 21 heavy (non-hydrogen) atoms. The summed E-state index contributed by atoms with van der Waals surface area (Å²) in [6.45, 7) is 6.35. The molecule has 0 aliphatic carbocycles. The Balaban J connectivity index is 2.14. The van der Waals surface area contributed by atoms with E-state index in [4.69, 9.17) is 5.84 Å². The average molecular weight is 305 g/mol. The minimum absolute atomic E-state index is 0.0346. The third-order valence-electron chi connectivity index (χ3n) is 3.32. The monoisotopic (exact) mass is 305 g/mol. The molecular weight excluding hydrogens is 282 g/mol. The largest absolute Gasteiger partial charge is 0.271 e. The van der Waals surface area contributed by atoms with Gasteiger partial charge in [0.1, 0.15) is 12.2 Å². The molecule has 1 aromatic carbocycles. The van der Waals surface area contributed by atoms with Crippen molar-refractivity contribution in [2.75, 3.05) is 5.75 Å². The topological polar surface area (TPSA) is 68.8 Å². The van der Waals surface area contributed by atoms with Crippen LogP contribution in [0.15, 0.2) is 35.5 Å². The second-order valence-electron chi connectivity index (χ2n) is 5.14. The number of nitrogens with zero attached hydrogens (tertiary/aromatic N) is 3. The van der Waals surface area contributed by atoms with Gasteiger partial charge in [0, 0.05) is 17.4 Å². The average Bonchev–Trinajstić information content (AvgIpc) is 2.94. The van der Waals surface area contributed by atoms with Crippen LogP contribution in [0.5, 0.6) is 0 Å². The first-order valence-electron chi connectivity index (χ1n) is 7.23. The number of nitrogens with two attached hydrogens (primary N) is 1. The van der Waals surface area contributed by atoms with Crippen LogP contribution in [0.4, 0.5) is 0 Å². The fraction of sp³-hybridized carbons (Fsp3) is 0.467. The van der Waals surface area contributed by atoms with E-state index in [-0.39, 0.29) is 6.04 Å². The molecule has 5 nitrogen and oxygen atoms in total. The normalized spacial score (nSPS) is 12.8. The number of benzene rings is 1. The van der Waals surface area contributed by atoms with E-state index in [1.54, 1.807) is 6.33 Å². The number of thioether (sulfide) groups is 1. The van der Waals surface area contributed by atoms with Crippen LogP contribution in [-0.2, 0) is 6.42 Å². The Morgan fingerprint density at radius 2 is 2.00 bits per heavy atom. The Bertz CT molecular complexity index is 549. The lowest BCUT2D eigenvalue weighted by atomic mass is 10.0. The summed E-state index contributed by atoms with van der Waals surface area (Å²) in [6.07, 6.45) is 2.32. The fourth-order valence-electron chi connectivity index (χ4n) is 2.27. The van der Waals surface area contributed by atoms with Gasteiger partial charge in [-0.3, -0.25) is 11.3 Å². The van der Waals surface area contributed by atoms with Crippen LogP contribution in [0.2, 0.25) is 0 Å². The van der Waals surface area contributed by atoms with E-state index in [0.717, 1.165) is 23.6 Å². The standard InChI is InChI=1S/C15H23N5S/c1-4-21-13-7-5-12(6-8-13)14(19-16)9-15-17-10-18-20(15)11(2)3/h5-8,10-11,14,19H,4,9,16H2,1-3H3. The molecule has 3 N–H and O–H groups in total. The summed E-state index contributed by atoms with van der Waals surface area (Å²) < 4.78 is 1.94. The summed E-state index contributed by atoms with van der Waals surface area (Å²) in [4.78, 5) is 5.63. The van der Waals surface area contributed by atoms with Crippen LogP contribution in [0, 0.1) is 0 Å². The van der Waals surface area contributed by atoms with Crippen molar-refractivity contribution < 1.29 is 0 Å². The molecule has 0 amide bonds. The third-order valence-corrected chi connectivity index (χ3v) is 4.21. The van der Waals surface area contributed by atoms with Gasteiger partial charge in [-0.25, -0.2) is 9.67 Å². The maximum absolute atomic E-state index is 5.73. The van der Waals surface area contributed by atoms with Crippen molar-refractivity contribution >= 4 is 11.8 Å². The molecule has 1 atom stereocenters. The molecule has 1 unspecified atom stereocenters. The van der Waals surface area contributed by atoms with Gasteiger partial charge in [-0.1, -0.05) is 19.1 Å². The SMILES string of the molecule is CCSc1ccc(C(Cc2ncnn2C(C)C)NN)cc1. The highest BCUT2D eigenvalue weighted by Gasteiger charge is 2.16. The molecule has 0 aliphatic rings. The highest BCUT2D eigenvalue weighted by Crippen LogP contribution is 2.22. The van der Waals surface area contributed by atoms with Gasteiger partial charge in [-0.2, -0.15) is 5.10 Å². The van der Waals surface area contributed by atoms with Crippen molar-refractivity contribution in [2.45, 2.75) is 44.2 Å². The minimum atomic E-state index is 0.0346. The Morgan fingerprint density at radius 3 is 2.57 bits per heavy atom. The smallest absolute Gasteiger partial charge is 0.138 e. The number of nitrogens with one attached hydrogen (secondary N) is 1. The molecular formula is C15H23N5S. The van der Waals surface area contributed by atoms with Crippen LogP contribution in [-0.4, -0.2) is 20.5 Å². The van der Waals surface area contributed by atoms with Crippen LogP contribution in [0.3, 0.4) is 0 Å². The molecule has 0 spiro atoms. The third kappa shape index (κ3) is 4.06. The molecule has 0 fully saturated rings. The molecule has 0 aliphatic heterocycles. The van der Waals surface area contributed by atoms with Crippen molar-refractivity contribution in [2.24, 2.45) is 5.84 Å². The molecule has 0 radical (unpaired) electrons. The van der Waals surface area contributed by atoms with Crippen molar-refractivity contribution in [3.05, 3.63) is 42.0 Å². The van der Waals surface area contributed by atoms with Crippen LogP contribution < -0.4 is 11.3 Å². The van der Waals surface area contributed by atoms with Gasteiger partial charge in [-0.15, -0.1) is 11.8 Å². The van der Waals surface area contributed by atoms with Crippen LogP contribution >= 0.6 is 11.8 Å². The first-order chi connectivity index (χ1) is 10.2. The second-order valence-corrected chi connectivity index (χ2v) is 6.48. The van der Waals surface area contributed by atoms with E-state index in [9.17, 15) is 0 Å². The van der Waals surface area contributed by atoms with E-state index in [2.05, 4.69) is 60.5 Å². The van der Waals surface area contributed by atoms with Crippen molar-refractivity contribution in [3.63, 3.8) is 0 Å². The van der Waals surface area contributed by atoms with E-state index in [1.165, 1.54) is 4.90 Å². The number of rotatable bonds is 7. The van der Waals surface area contributed by atoms with Gasteiger partial charge in [0.15, 0.2) is 0 Å². The maximum Gasteiger partial charge on any atom is 0.138 e. The summed E-state index contributed by atoms with van der Waals surface area (Å²) in [5, 5.41) is 4.27. The van der Waals surface area contributed by atoms with Gasteiger partial charge < -0.3 is 0 Å². The molecule has 0 saturated carbocycles. The molecule has 2 rings (SSSR count). The van der Waals surface area contributed by atoms with E-state index in [1.807, 2.05) is 16.4 Å². The predicted molar refractivity (Wildman–Crippen MR) is 87.0 cm³/mol. The molecule has 114 valence electrons. The molecule has 6 heteroatoms. The zero-order valence-corrected chi connectivity index (χ0v) is 13.6. The minimum Gasteiger partial charge on any atom is -0.271 e. The van der Waals surface area contributed by atoms with Crippen molar-refractivity contribution in [3.8, 4) is 0 Å². The summed E-state index contributed by atoms with van der Waals surface area (Å²) in [5.74, 6) is 7.75. The van der Waals surface area contributed by atoms with Crippen molar-refractivity contribution in [1.82, 2.24) is 20.2 Å². The Kier molecular flexibility index (Phi) is 5.78. The van der Waals surface area contributed by atoms with E-state index < -0.39 is 0 Å². The van der Waals surface area contributed by atoms with Crippen LogP contribution in [0.25, 0.3) is 0 Å². The highest BCUT2D eigenvalue weighted by molar-refractivity contribution is 7.99. The molecule has 1 aromatic heterocycles. The summed E-state index contributed by atoms with van der Waals surface area (Å²) >= 11 is 1.84.